The second kappa shape index (κ2) is 6.91. The second-order valence-electron chi connectivity index (χ2n) is 5.09. The van der Waals surface area contributed by atoms with Crippen LogP contribution in [0.15, 0.2) is 30.3 Å². The Morgan fingerprint density at radius 1 is 1.06 bits per heavy atom. The van der Waals surface area contributed by atoms with Crippen LogP contribution in [0.2, 0.25) is 0 Å². The van der Waals surface area contributed by atoms with Gasteiger partial charge in [-0.25, -0.2) is 0 Å². The van der Waals surface area contributed by atoms with Gasteiger partial charge in [0.05, 0.1) is 0 Å². The summed E-state index contributed by atoms with van der Waals surface area (Å²) in [5.74, 6) is 0. The van der Waals surface area contributed by atoms with Crippen LogP contribution in [-0.2, 0) is 0 Å². The van der Waals surface area contributed by atoms with Crippen LogP contribution < -0.4 is 5.73 Å². The molecular formula is C16H28N2. The molecule has 0 spiro atoms. The van der Waals surface area contributed by atoms with Gasteiger partial charge in [0.25, 0.3) is 0 Å². The van der Waals surface area contributed by atoms with Crippen molar-refractivity contribution in [1.82, 2.24) is 4.90 Å². The average molecular weight is 248 g/mol. The van der Waals surface area contributed by atoms with Crippen molar-refractivity contribution in [3.8, 4) is 0 Å². The summed E-state index contributed by atoms with van der Waals surface area (Å²) in [7, 11) is 4.32. The van der Waals surface area contributed by atoms with Crippen molar-refractivity contribution in [1.29, 1.82) is 0 Å². The van der Waals surface area contributed by atoms with E-state index in [2.05, 4.69) is 43.3 Å². The molecule has 1 aliphatic rings. The Balaban J connectivity index is 0.000000771. The van der Waals surface area contributed by atoms with Crippen molar-refractivity contribution in [2.75, 3.05) is 14.1 Å². The van der Waals surface area contributed by atoms with Crippen LogP contribution in [0.5, 0.6) is 0 Å². The van der Waals surface area contributed by atoms with Crippen molar-refractivity contribution >= 4 is 0 Å². The predicted molar refractivity (Wildman–Crippen MR) is 79.6 cm³/mol. The topological polar surface area (TPSA) is 29.3 Å². The fourth-order valence-electron chi connectivity index (χ4n) is 2.99. The Hall–Kier alpha value is -0.860. The van der Waals surface area contributed by atoms with Gasteiger partial charge in [0.2, 0.25) is 0 Å². The fourth-order valence-corrected chi connectivity index (χ4v) is 2.99. The summed E-state index contributed by atoms with van der Waals surface area (Å²) in [6.07, 6.45) is 5.05. The molecule has 0 bridgehead atoms. The van der Waals surface area contributed by atoms with Crippen LogP contribution in [0.1, 0.15) is 51.1 Å². The highest BCUT2D eigenvalue weighted by Gasteiger charge is 2.41. The van der Waals surface area contributed by atoms with E-state index < -0.39 is 0 Å². The third-order valence-corrected chi connectivity index (χ3v) is 4.10. The molecule has 1 aromatic rings. The van der Waals surface area contributed by atoms with E-state index in [4.69, 9.17) is 5.73 Å². The number of nitrogens with zero attached hydrogens (tertiary/aromatic N) is 1. The molecule has 0 radical (unpaired) electrons. The molecule has 1 aliphatic carbocycles. The number of benzene rings is 1. The van der Waals surface area contributed by atoms with Crippen molar-refractivity contribution in [3.63, 3.8) is 0 Å². The number of likely N-dealkylation sites (N-methyl/N-ethyl adjacent to an activating group) is 1. The zero-order valence-corrected chi connectivity index (χ0v) is 12.3. The summed E-state index contributed by atoms with van der Waals surface area (Å²) in [6.45, 7) is 4.00. The summed E-state index contributed by atoms with van der Waals surface area (Å²) in [5, 5.41) is 0. The molecule has 2 rings (SSSR count). The summed E-state index contributed by atoms with van der Waals surface area (Å²) in [6, 6.07) is 10.6. The molecule has 0 saturated heterocycles. The van der Waals surface area contributed by atoms with E-state index in [1.54, 1.807) is 0 Å². The molecule has 1 unspecified atom stereocenters. The lowest BCUT2D eigenvalue weighted by molar-refractivity contribution is 0.123. The van der Waals surface area contributed by atoms with E-state index in [1.807, 2.05) is 19.9 Å². The fraction of sp³-hybridized carbons (Fsp3) is 0.625. The summed E-state index contributed by atoms with van der Waals surface area (Å²) >= 11 is 0. The summed E-state index contributed by atoms with van der Waals surface area (Å²) in [4.78, 5) is 2.33. The lowest BCUT2D eigenvalue weighted by Gasteiger charge is -2.41. The Labute approximate surface area is 112 Å². The maximum atomic E-state index is 6.49. The molecule has 0 aromatic heterocycles. The van der Waals surface area contributed by atoms with Crippen LogP contribution in [0.4, 0.5) is 0 Å². The minimum Gasteiger partial charge on any atom is -0.322 e. The van der Waals surface area contributed by atoms with E-state index in [9.17, 15) is 0 Å². The van der Waals surface area contributed by atoms with Crippen LogP contribution in [0, 0.1) is 0 Å². The lowest BCUT2D eigenvalue weighted by Crippen LogP contribution is -2.50. The van der Waals surface area contributed by atoms with Gasteiger partial charge in [0.1, 0.15) is 0 Å². The van der Waals surface area contributed by atoms with Crippen molar-refractivity contribution in [3.05, 3.63) is 35.9 Å². The van der Waals surface area contributed by atoms with E-state index >= 15 is 0 Å². The molecule has 18 heavy (non-hydrogen) atoms. The normalized spacial score (nSPS) is 19.2. The summed E-state index contributed by atoms with van der Waals surface area (Å²) in [5.41, 5.74) is 7.92. The van der Waals surface area contributed by atoms with Gasteiger partial charge in [-0.1, -0.05) is 57.0 Å². The van der Waals surface area contributed by atoms with Gasteiger partial charge in [-0.15, -0.1) is 0 Å². The van der Waals surface area contributed by atoms with Gasteiger partial charge in [0, 0.05) is 11.6 Å². The van der Waals surface area contributed by atoms with Gasteiger partial charge in [-0.05, 0) is 32.5 Å². The van der Waals surface area contributed by atoms with Gasteiger partial charge < -0.3 is 10.6 Å². The number of hydrogen-bond donors (Lipinski definition) is 1. The van der Waals surface area contributed by atoms with Gasteiger partial charge in [-0.3, -0.25) is 0 Å². The molecule has 1 saturated carbocycles. The number of hydrogen-bond acceptors (Lipinski definition) is 2. The Morgan fingerprint density at radius 2 is 1.56 bits per heavy atom. The molecule has 1 fully saturated rings. The first-order chi connectivity index (χ1) is 8.67. The highest BCUT2D eigenvalue weighted by atomic mass is 15.2. The molecule has 0 amide bonds. The van der Waals surface area contributed by atoms with Crippen molar-refractivity contribution < 1.29 is 0 Å². The molecule has 0 aliphatic heterocycles. The number of nitrogens with two attached hydrogens (primary N) is 1. The predicted octanol–water partition coefficient (Wildman–Crippen LogP) is 3.59. The first kappa shape index (κ1) is 15.2. The van der Waals surface area contributed by atoms with Crippen molar-refractivity contribution in [2.24, 2.45) is 5.73 Å². The number of rotatable bonds is 3. The van der Waals surface area contributed by atoms with Gasteiger partial charge in [-0.2, -0.15) is 0 Å². The first-order valence-electron chi connectivity index (χ1n) is 7.15. The minimum atomic E-state index is 0.131. The molecular weight excluding hydrogens is 220 g/mol. The largest absolute Gasteiger partial charge is 0.322 e. The van der Waals surface area contributed by atoms with E-state index in [0.29, 0.717) is 0 Å². The third kappa shape index (κ3) is 2.93. The quantitative estimate of drug-likeness (QED) is 0.886. The van der Waals surface area contributed by atoms with E-state index in [1.165, 1.54) is 31.2 Å². The zero-order chi connectivity index (χ0) is 13.6. The molecule has 2 heteroatoms. The second-order valence-corrected chi connectivity index (χ2v) is 5.09. The van der Waals surface area contributed by atoms with E-state index in [-0.39, 0.29) is 11.6 Å². The van der Waals surface area contributed by atoms with Crippen LogP contribution in [0.25, 0.3) is 0 Å². The average Bonchev–Trinajstić information content (AvgIpc) is 2.92. The van der Waals surface area contributed by atoms with Crippen LogP contribution in [-0.4, -0.2) is 24.5 Å². The molecule has 0 heterocycles. The van der Waals surface area contributed by atoms with Crippen LogP contribution in [0.3, 0.4) is 0 Å². The third-order valence-electron chi connectivity index (χ3n) is 4.10. The summed E-state index contributed by atoms with van der Waals surface area (Å²) < 4.78 is 0. The molecule has 2 N–H and O–H groups in total. The van der Waals surface area contributed by atoms with Gasteiger partial charge >= 0.3 is 0 Å². The highest BCUT2D eigenvalue weighted by Crippen LogP contribution is 2.41. The molecule has 2 nitrogen and oxygen atoms in total. The monoisotopic (exact) mass is 248 g/mol. The van der Waals surface area contributed by atoms with Crippen molar-refractivity contribution in [2.45, 2.75) is 51.1 Å². The standard InChI is InChI=1S/C14H22N2.C2H6/c1-16(2)14(10-6-7-11-14)13(15)12-8-4-3-5-9-12;1-2/h3-5,8-9,13H,6-7,10-11,15H2,1-2H3;1-2H3. The maximum absolute atomic E-state index is 6.49. The van der Waals surface area contributed by atoms with E-state index in [0.717, 1.165) is 0 Å². The molecule has 1 atom stereocenters. The first-order valence-corrected chi connectivity index (χ1v) is 7.15. The smallest absolute Gasteiger partial charge is 0.0481 e. The Bertz CT molecular complexity index is 326. The zero-order valence-electron chi connectivity index (χ0n) is 12.3. The lowest BCUT2D eigenvalue weighted by atomic mass is 9.83. The van der Waals surface area contributed by atoms with Gasteiger partial charge in [0.15, 0.2) is 0 Å². The highest BCUT2D eigenvalue weighted by molar-refractivity contribution is 5.23. The molecule has 102 valence electrons. The minimum absolute atomic E-state index is 0.131. The Morgan fingerprint density at radius 3 is 2.00 bits per heavy atom. The Kier molecular flexibility index (Phi) is 5.83. The molecule has 1 aromatic carbocycles. The SMILES string of the molecule is CC.CN(C)C1(C(N)c2ccccc2)CCCC1. The maximum Gasteiger partial charge on any atom is 0.0481 e. The van der Waals surface area contributed by atoms with Crippen LogP contribution >= 0.6 is 0 Å².